The summed E-state index contributed by atoms with van der Waals surface area (Å²) in [5, 5.41) is 8.85. The largest absolute Gasteiger partial charge is 0.508 e. The van der Waals surface area contributed by atoms with Crippen LogP contribution in [0.4, 0.5) is 17.6 Å². The van der Waals surface area contributed by atoms with Gasteiger partial charge in [-0.25, -0.2) is 4.39 Å². The number of phenols is 1. The summed E-state index contributed by atoms with van der Waals surface area (Å²) in [5.74, 6) is -1.54. The van der Waals surface area contributed by atoms with E-state index in [-0.39, 0.29) is 0 Å². The predicted octanol–water partition coefficient (Wildman–Crippen LogP) is 2.09. The summed E-state index contributed by atoms with van der Waals surface area (Å²) in [6.07, 6.45) is -4.65. The van der Waals surface area contributed by atoms with Gasteiger partial charge >= 0.3 is 6.18 Å². The van der Waals surface area contributed by atoms with Gasteiger partial charge in [0.05, 0.1) is 0 Å². The number of halogens is 4. The van der Waals surface area contributed by atoms with Crippen molar-refractivity contribution in [1.82, 2.24) is 0 Å². The van der Waals surface area contributed by atoms with Gasteiger partial charge in [-0.3, -0.25) is 0 Å². The van der Waals surface area contributed by atoms with Gasteiger partial charge in [-0.15, -0.1) is 0 Å². The van der Waals surface area contributed by atoms with E-state index in [1.807, 2.05) is 0 Å². The smallest absolute Gasteiger partial charge is 0.407 e. The molecule has 0 aliphatic rings. The van der Waals surface area contributed by atoms with Crippen molar-refractivity contribution in [2.45, 2.75) is 12.2 Å². The Morgan fingerprint density at radius 1 is 1.21 bits per heavy atom. The molecule has 0 unspecified atom stereocenters. The molecule has 14 heavy (non-hydrogen) atoms. The molecule has 1 aromatic rings. The Morgan fingerprint density at radius 3 is 2.21 bits per heavy atom. The fourth-order valence-electron chi connectivity index (χ4n) is 0.965. The number of nitrogens with two attached hydrogens (primary N) is 1. The highest BCUT2D eigenvalue weighted by atomic mass is 19.4. The van der Waals surface area contributed by atoms with Crippen molar-refractivity contribution in [2.24, 2.45) is 5.73 Å². The lowest BCUT2D eigenvalue weighted by molar-refractivity contribution is -0.149. The molecular formula is C8H7F4NO. The van der Waals surface area contributed by atoms with E-state index in [0.717, 1.165) is 6.07 Å². The average molecular weight is 209 g/mol. The van der Waals surface area contributed by atoms with Crippen molar-refractivity contribution in [3.05, 3.63) is 29.6 Å². The van der Waals surface area contributed by atoms with E-state index >= 15 is 0 Å². The first kappa shape index (κ1) is 10.8. The van der Waals surface area contributed by atoms with Crippen LogP contribution in [0, 0.1) is 5.82 Å². The molecule has 0 heterocycles. The molecule has 0 radical (unpaired) electrons. The summed E-state index contributed by atoms with van der Waals surface area (Å²) in [6, 6.07) is -0.171. The van der Waals surface area contributed by atoms with Crippen molar-refractivity contribution in [1.29, 1.82) is 0 Å². The van der Waals surface area contributed by atoms with Crippen molar-refractivity contribution in [2.75, 3.05) is 0 Å². The molecule has 0 amide bonds. The molecule has 78 valence electrons. The normalized spacial score (nSPS) is 14.1. The summed E-state index contributed by atoms with van der Waals surface area (Å²) < 4.78 is 48.8. The Morgan fingerprint density at radius 2 is 1.79 bits per heavy atom. The monoisotopic (exact) mass is 209 g/mol. The summed E-state index contributed by atoms with van der Waals surface area (Å²) in [7, 11) is 0. The van der Waals surface area contributed by atoms with Crippen molar-refractivity contribution in [3.63, 3.8) is 0 Å². The Kier molecular flexibility index (Phi) is 2.66. The maximum Gasteiger partial charge on any atom is 0.407 e. The lowest BCUT2D eigenvalue weighted by Gasteiger charge is -2.15. The number of benzene rings is 1. The van der Waals surface area contributed by atoms with Crippen molar-refractivity contribution in [3.8, 4) is 5.75 Å². The molecule has 0 saturated heterocycles. The molecule has 1 rings (SSSR count). The van der Waals surface area contributed by atoms with Gasteiger partial charge < -0.3 is 10.8 Å². The number of aromatic hydroxyl groups is 1. The van der Waals surface area contributed by atoms with Crippen LogP contribution >= 0.6 is 0 Å². The van der Waals surface area contributed by atoms with E-state index in [2.05, 4.69) is 0 Å². The van der Waals surface area contributed by atoms with Gasteiger partial charge in [-0.2, -0.15) is 13.2 Å². The molecule has 0 aliphatic heterocycles. The van der Waals surface area contributed by atoms with Crippen LogP contribution in [0.1, 0.15) is 11.6 Å². The minimum atomic E-state index is -4.65. The molecule has 0 bridgehead atoms. The van der Waals surface area contributed by atoms with Crippen molar-refractivity contribution >= 4 is 0 Å². The van der Waals surface area contributed by atoms with Gasteiger partial charge in [0.1, 0.15) is 17.6 Å². The third kappa shape index (κ3) is 2.35. The summed E-state index contributed by atoms with van der Waals surface area (Å²) in [4.78, 5) is 0. The molecule has 2 nitrogen and oxygen atoms in total. The predicted molar refractivity (Wildman–Crippen MR) is 41.0 cm³/mol. The highest BCUT2D eigenvalue weighted by Crippen LogP contribution is 2.32. The molecule has 6 heteroatoms. The first-order chi connectivity index (χ1) is 6.30. The number of rotatable bonds is 1. The number of alkyl halides is 3. The van der Waals surface area contributed by atoms with E-state index in [4.69, 9.17) is 10.8 Å². The Hall–Kier alpha value is -1.30. The van der Waals surface area contributed by atoms with E-state index in [1.165, 1.54) is 0 Å². The fraction of sp³-hybridized carbons (Fsp3) is 0.250. The standard InChI is InChI=1S/C8H7F4NO/c9-5-1-4(2-6(14)3-5)7(13)8(10,11)12/h1-3,7,14H,13H2/t7-/m0/s1. The van der Waals surface area contributed by atoms with Crippen LogP contribution < -0.4 is 5.73 Å². The van der Waals surface area contributed by atoms with Gasteiger partial charge in [-0.05, 0) is 17.7 Å². The van der Waals surface area contributed by atoms with Crippen LogP contribution in [0.2, 0.25) is 0 Å². The fourth-order valence-corrected chi connectivity index (χ4v) is 0.965. The van der Waals surface area contributed by atoms with E-state index in [9.17, 15) is 17.6 Å². The molecule has 3 N–H and O–H groups in total. The minimum absolute atomic E-state index is 0.505. The molecular weight excluding hydrogens is 202 g/mol. The second-order valence-corrected chi connectivity index (χ2v) is 2.76. The minimum Gasteiger partial charge on any atom is -0.508 e. The van der Waals surface area contributed by atoms with Gasteiger partial charge in [0.25, 0.3) is 0 Å². The molecule has 0 saturated carbocycles. The van der Waals surface area contributed by atoms with E-state index in [0.29, 0.717) is 12.1 Å². The van der Waals surface area contributed by atoms with Crippen LogP contribution in [0.5, 0.6) is 5.75 Å². The summed E-state index contributed by atoms with van der Waals surface area (Å²) in [6.45, 7) is 0. The lowest BCUT2D eigenvalue weighted by atomic mass is 10.1. The molecule has 0 aliphatic carbocycles. The highest BCUT2D eigenvalue weighted by Gasteiger charge is 2.38. The Labute approximate surface area is 77.0 Å². The maximum atomic E-state index is 12.6. The van der Waals surface area contributed by atoms with E-state index in [1.54, 1.807) is 0 Å². The van der Waals surface area contributed by atoms with Gasteiger partial charge in [0, 0.05) is 6.07 Å². The quantitative estimate of drug-likeness (QED) is 0.695. The zero-order valence-electron chi connectivity index (χ0n) is 6.85. The second kappa shape index (κ2) is 3.45. The van der Waals surface area contributed by atoms with Gasteiger partial charge in [0.15, 0.2) is 0 Å². The summed E-state index contributed by atoms with van der Waals surface area (Å²) in [5.41, 5.74) is 4.30. The van der Waals surface area contributed by atoms with Crippen LogP contribution in [-0.2, 0) is 0 Å². The van der Waals surface area contributed by atoms with Crippen LogP contribution in [0.3, 0.4) is 0 Å². The highest BCUT2D eigenvalue weighted by molar-refractivity contribution is 5.30. The number of phenolic OH excluding ortho intramolecular Hbond substituents is 1. The zero-order valence-corrected chi connectivity index (χ0v) is 6.85. The topological polar surface area (TPSA) is 46.2 Å². The first-order valence-electron chi connectivity index (χ1n) is 3.62. The lowest BCUT2D eigenvalue weighted by Crippen LogP contribution is -2.28. The van der Waals surface area contributed by atoms with Gasteiger partial charge in [0.2, 0.25) is 0 Å². The Balaban J connectivity index is 3.07. The van der Waals surface area contributed by atoms with Crippen LogP contribution in [0.15, 0.2) is 18.2 Å². The first-order valence-corrected chi connectivity index (χ1v) is 3.62. The van der Waals surface area contributed by atoms with Crippen LogP contribution in [0.25, 0.3) is 0 Å². The van der Waals surface area contributed by atoms with Crippen molar-refractivity contribution < 1.29 is 22.7 Å². The summed E-state index contributed by atoms with van der Waals surface area (Å²) >= 11 is 0. The third-order valence-corrected chi connectivity index (χ3v) is 1.62. The number of hydrogen-bond acceptors (Lipinski definition) is 2. The van der Waals surface area contributed by atoms with Crippen LogP contribution in [-0.4, -0.2) is 11.3 Å². The number of hydrogen-bond donors (Lipinski definition) is 2. The Bertz CT molecular complexity index is 316. The molecule has 0 spiro atoms. The van der Waals surface area contributed by atoms with E-state index < -0.39 is 29.3 Å². The van der Waals surface area contributed by atoms with Gasteiger partial charge in [-0.1, -0.05) is 0 Å². The average Bonchev–Trinajstić information content (AvgIpc) is 1.99. The molecule has 0 fully saturated rings. The molecule has 1 aromatic carbocycles. The zero-order chi connectivity index (χ0) is 10.9. The third-order valence-electron chi connectivity index (χ3n) is 1.62. The second-order valence-electron chi connectivity index (χ2n) is 2.76. The SMILES string of the molecule is N[C@@H](c1cc(O)cc(F)c1)C(F)(F)F. The molecule has 1 atom stereocenters. The molecule has 0 aromatic heterocycles. The maximum absolute atomic E-state index is 12.6.